The fourth-order valence-electron chi connectivity index (χ4n) is 3.83. The SMILES string of the molecule is O=C(NCCNC(=O)c1cc2cccnc2s1)c1ccc(OC2CCC(C(=O)O)CC2)cc1. The largest absolute Gasteiger partial charge is 0.490 e. The number of rotatable bonds is 8. The van der Waals surface area contributed by atoms with Crippen LogP contribution in [0.1, 0.15) is 45.7 Å². The number of hydrogen-bond donors (Lipinski definition) is 3. The molecule has 1 fully saturated rings. The van der Waals surface area contributed by atoms with E-state index in [1.165, 1.54) is 11.3 Å². The number of hydrogen-bond acceptors (Lipinski definition) is 6. The number of pyridine rings is 1. The van der Waals surface area contributed by atoms with Crippen molar-refractivity contribution in [3.63, 3.8) is 0 Å². The molecule has 33 heavy (non-hydrogen) atoms. The first-order valence-electron chi connectivity index (χ1n) is 10.9. The number of amides is 2. The molecule has 0 radical (unpaired) electrons. The van der Waals surface area contributed by atoms with Crippen molar-refractivity contribution in [2.45, 2.75) is 31.8 Å². The van der Waals surface area contributed by atoms with Gasteiger partial charge < -0.3 is 20.5 Å². The van der Waals surface area contributed by atoms with Gasteiger partial charge >= 0.3 is 5.97 Å². The summed E-state index contributed by atoms with van der Waals surface area (Å²) in [4.78, 5) is 41.3. The average molecular weight is 468 g/mol. The number of fused-ring (bicyclic) bond motifs is 1. The number of benzene rings is 1. The summed E-state index contributed by atoms with van der Waals surface area (Å²) < 4.78 is 5.93. The number of carboxylic acid groups (broad SMARTS) is 1. The fraction of sp³-hybridized carbons (Fsp3) is 0.333. The van der Waals surface area contributed by atoms with Gasteiger partial charge in [0, 0.05) is 30.2 Å². The smallest absolute Gasteiger partial charge is 0.306 e. The minimum Gasteiger partial charge on any atom is -0.490 e. The van der Waals surface area contributed by atoms with E-state index in [1.54, 1.807) is 30.5 Å². The fourth-order valence-corrected chi connectivity index (χ4v) is 4.75. The van der Waals surface area contributed by atoms with Crippen LogP contribution < -0.4 is 15.4 Å². The molecule has 2 aromatic heterocycles. The van der Waals surface area contributed by atoms with Gasteiger partial charge in [0.25, 0.3) is 11.8 Å². The van der Waals surface area contributed by atoms with Gasteiger partial charge in [-0.15, -0.1) is 11.3 Å². The summed E-state index contributed by atoms with van der Waals surface area (Å²) >= 11 is 1.33. The molecule has 3 aromatic rings. The summed E-state index contributed by atoms with van der Waals surface area (Å²) in [6.07, 6.45) is 4.36. The second-order valence-corrected chi connectivity index (χ2v) is 9.00. The molecule has 0 aliphatic heterocycles. The maximum Gasteiger partial charge on any atom is 0.306 e. The summed E-state index contributed by atoms with van der Waals surface area (Å²) in [7, 11) is 0. The van der Waals surface area contributed by atoms with Crippen LogP contribution in [0, 0.1) is 5.92 Å². The van der Waals surface area contributed by atoms with Crippen molar-refractivity contribution in [3.8, 4) is 5.75 Å². The van der Waals surface area contributed by atoms with Crippen molar-refractivity contribution in [1.82, 2.24) is 15.6 Å². The molecule has 0 bridgehead atoms. The molecule has 172 valence electrons. The van der Waals surface area contributed by atoms with Crippen molar-refractivity contribution >= 4 is 39.3 Å². The molecule has 4 rings (SSSR count). The minimum absolute atomic E-state index is 0.000562. The summed E-state index contributed by atoms with van der Waals surface area (Å²) in [6.45, 7) is 0.616. The average Bonchev–Trinajstić information content (AvgIpc) is 3.27. The van der Waals surface area contributed by atoms with Crippen LogP contribution in [-0.2, 0) is 4.79 Å². The number of carboxylic acids is 1. The lowest BCUT2D eigenvalue weighted by Crippen LogP contribution is -2.34. The molecule has 2 heterocycles. The number of carbonyl (C=O) groups excluding carboxylic acids is 2. The number of ether oxygens (including phenoxy) is 1. The van der Waals surface area contributed by atoms with E-state index < -0.39 is 5.97 Å². The molecular formula is C24H25N3O5S. The first kappa shape index (κ1) is 22.7. The van der Waals surface area contributed by atoms with E-state index in [2.05, 4.69) is 15.6 Å². The zero-order valence-electron chi connectivity index (χ0n) is 18.0. The van der Waals surface area contributed by atoms with Gasteiger partial charge in [-0.05, 0) is 62.1 Å². The van der Waals surface area contributed by atoms with Crippen LogP contribution in [0.4, 0.5) is 0 Å². The predicted molar refractivity (Wildman–Crippen MR) is 125 cm³/mol. The lowest BCUT2D eigenvalue weighted by Gasteiger charge is -2.26. The second-order valence-electron chi connectivity index (χ2n) is 7.97. The van der Waals surface area contributed by atoms with E-state index in [1.807, 2.05) is 18.2 Å². The molecule has 0 unspecified atom stereocenters. The summed E-state index contributed by atoms with van der Waals surface area (Å²) in [5, 5.41) is 15.6. The second kappa shape index (κ2) is 10.4. The number of aliphatic carboxylic acids is 1. The van der Waals surface area contributed by atoms with Crippen LogP contribution >= 0.6 is 11.3 Å². The Bertz CT molecular complexity index is 1100. The number of aromatic nitrogens is 1. The van der Waals surface area contributed by atoms with Crippen molar-refractivity contribution in [3.05, 3.63) is 59.1 Å². The topological polar surface area (TPSA) is 118 Å². The molecule has 1 saturated carbocycles. The van der Waals surface area contributed by atoms with Crippen LogP contribution in [0.25, 0.3) is 10.2 Å². The van der Waals surface area contributed by atoms with Gasteiger partial charge in [-0.1, -0.05) is 6.07 Å². The third-order valence-corrected chi connectivity index (χ3v) is 6.71. The van der Waals surface area contributed by atoms with Crippen LogP contribution in [0.2, 0.25) is 0 Å². The number of nitrogens with zero attached hydrogens (tertiary/aromatic N) is 1. The van der Waals surface area contributed by atoms with Gasteiger partial charge in [0.05, 0.1) is 16.9 Å². The Hall–Kier alpha value is -3.46. The molecule has 1 aliphatic rings. The standard InChI is InChI=1S/C24H25N3O5S/c28-21(25-12-13-26-22(29)20-14-17-2-1-11-27-23(17)33-20)15-3-7-18(8-4-15)32-19-9-5-16(6-10-19)24(30)31/h1-4,7-8,11,14,16,19H,5-6,9-10,12-13H2,(H,25,28)(H,26,29)(H,30,31). The maximum atomic E-state index is 12.4. The Morgan fingerprint density at radius 2 is 1.70 bits per heavy atom. The molecule has 0 atom stereocenters. The van der Waals surface area contributed by atoms with Gasteiger partial charge in [-0.25, -0.2) is 4.98 Å². The molecule has 8 nitrogen and oxygen atoms in total. The van der Waals surface area contributed by atoms with Crippen molar-refractivity contribution in [2.24, 2.45) is 5.92 Å². The number of nitrogens with one attached hydrogen (secondary N) is 2. The van der Waals surface area contributed by atoms with Crippen LogP contribution in [0.5, 0.6) is 5.75 Å². The molecule has 1 aliphatic carbocycles. The van der Waals surface area contributed by atoms with Crippen molar-refractivity contribution < 1.29 is 24.2 Å². The lowest BCUT2D eigenvalue weighted by atomic mass is 9.87. The molecule has 2 amide bonds. The van der Waals surface area contributed by atoms with Gasteiger partial charge in [-0.2, -0.15) is 0 Å². The zero-order chi connectivity index (χ0) is 23.2. The molecule has 3 N–H and O–H groups in total. The molecule has 0 saturated heterocycles. The normalized spacial score (nSPS) is 17.9. The van der Waals surface area contributed by atoms with E-state index in [0.29, 0.717) is 55.0 Å². The molecule has 9 heteroatoms. The van der Waals surface area contributed by atoms with Gasteiger partial charge in [0.15, 0.2) is 0 Å². The third kappa shape index (κ3) is 5.87. The highest BCUT2D eigenvalue weighted by Gasteiger charge is 2.26. The lowest BCUT2D eigenvalue weighted by molar-refractivity contribution is -0.143. The highest BCUT2D eigenvalue weighted by atomic mass is 32.1. The predicted octanol–water partition coefficient (Wildman–Crippen LogP) is 3.48. The highest BCUT2D eigenvalue weighted by molar-refractivity contribution is 7.20. The number of carbonyl (C=O) groups is 3. The van der Waals surface area contributed by atoms with E-state index in [9.17, 15) is 14.4 Å². The Kier molecular flexibility index (Phi) is 7.19. The Morgan fingerprint density at radius 1 is 1.00 bits per heavy atom. The van der Waals surface area contributed by atoms with Crippen LogP contribution in [-0.4, -0.2) is 47.1 Å². The van der Waals surface area contributed by atoms with E-state index in [4.69, 9.17) is 9.84 Å². The monoisotopic (exact) mass is 467 g/mol. The molecule has 1 aromatic carbocycles. The Balaban J connectivity index is 1.19. The third-order valence-electron chi connectivity index (χ3n) is 5.66. The molecule has 0 spiro atoms. The molecular weight excluding hydrogens is 442 g/mol. The summed E-state index contributed by atoms with van der Waals surface area (Å²) in [5.74, 6) is -0.770. The van der Waals surface area contributed by atoms with Gasteiger partial charge in [0.2, 0.25) is 0 Å². The van der Waals surface area contributed by atoms with Gasteiger partial charge in [0.1, 0.15) is 10.6 Å². The van der Waals surface area contributed by atoms with E-state index in [0.717, 1.165) is 10.2 Å². The van der Waals surface area contributed by atoms with Crippen molar-refractivity contribution in [1.29, 1.82) is 0 Å². The Morgan fingerprint density at radius 3 is 2.36 bits per heavy atom. The quantitative estimate of drug-likeness (QED) is 0.437. The first-order chi connectivity index (χ1) is 16.0. The Labute approximate surface area is 195 Å². The van der Waals surface area contributed by atoms with E-state index in [-0.39, 0.29) is 23.8 Å². The highest BCUT2D eigenvalue weighted by Crippen LogP contribution is 2.28. The first-order valence-corrected chi connectivity index (χ1v) is 11.7. The number of thiophene rings is 1. The minimum atomic E-state index is -0.735. The van der Waals surface area contributed by atoms with Gasteiger partial charge in [-0.3, -0.25) is 14.4 Å². The zero-order valence-corrected chi connectivity index (χ0v) is 18.8. The summed E-state index contributed by atoms with van der Waals surface area (Å²) in [6, 6.07) is 12.4. The maximum absolute atomic E-state index is 12.4. The van der Waals surface area contributed by atoms with Crippen molar-refractivity contribution in [2.75, 3.05) is 13.1 Å². The van der Waals surface area contributed by atoms with E-state index >= 15 is 0 Å². The summed E-state index contributed by atoms with van der Waals surface area (Å²) in [5.41, 5.74) is 0.499. The van der Waals surface area contributed by atoms with Crippen LogP contribution in [0.15, 0.2) is 48.7 Å². The van der Waals surface area contributed by atoms with Crippen LogP contribution in [0.3, 0.4) is 0 Å².